The van der Waals surface area contributed by atoms with E-state index in [-0.39, 0.29) is 0 Å². The van der Waals surface area contributed by atoms with E-state index in [0.29, 0.717) is 53.7 Å². The zero-order valence-electron chi connectivity index (χ0n) is 15.6. The van der Waals surface area contributed by atoms with Gasteiger partial charge in [0.25, 0.3) is 0 Å². The minimum absolute atomic E-state index is 0.391. The Kier molecular flexibility index (Phi) is 8.79. The van der Waals surface area contributed by atoms with Crippen molar-refractivity contribution in [1.82, 2.24) is 0 Å². The van der Waals surface area contributed by atoms with Gasteiger partial charge in [0.05, 0.1) is 25.3 Å². The van der Waals surface area contributed by atoms with Crippen molar-refractivity contribution >= 4 is 23.2 Å². The number of hydrogen-bond acceptors (Lipinski definition) is 4. The molecule has 0 saturated heterocycles. The number of hydrogen-bond donors (Lipinski definition) is 0. The van der Waals surface area contributed by atoms with E-state index < -0.39 is 0 Å². The molecule has 2 aromatic rings. The van der Waals surface area contributed by atoms with Crippen LogP contribution in [0.4, 0.5) is 0 Å². The van der Waals surface area contributed by atoms with Crippen molar-refractivity contribution in [2.75, 3.05) is 33.5 Å². The van der Waals surface area contributed by atoms with Crippen LogP contribution >= 0.6 is 23.2 Å². The molecule has 0 fully saturated rings. The molecule has 0 spiro atoms. The highest BCUT2D eigenvalue weighted by Gasteiger charge is 2.08. The molecule has 0 aliphatic heterocycles. The summed E-state index contributed by atoms with van der Waals surface area (Å²) < 4.78 is 22.3. The predicted molar refractivity (Wildman–Crippen MR) is 110 cm³/mol. The van der Waals surface area contributed by atoms with E-state index in [4.69, 9.17) is 42.1 Å². The summed E-state index contributed by atoms with van der Waals surface area (Å²) in [5.41, 5.74) is 2.02. The smallest absolute Gasteiger partial charge is 0.161 e. The van der Waals surface area contributed by atoms with Crippen LogP contribution in [0.25, 0.3) is 0 Å². The zero-order chi connectivity index (χ0) is 19.6. The molecule has 0 saturated carbocycles. The van der Waals surface area contributed by atoms with Gasteiger partial charge in [-0.3, -0.25) is 0 Å². The van der Waals surface area contributed by atoms with Crippen LogP contribution in [-0.4, -0.2) is 33.5 Å². The fourth-order valence-electron chi connectivity index (χ4n) is 2.51. The maximum absolute atomic E-state index is 6.14. The van der Waals surface area contributed by atoms with E-state index >= 15 is 0 Å². The zero-order valence-corrected chi connectivity index (χ0v) is 17.1. The molecule has 6 heteroatoms. The largest absolute Gasteiger partial charge is 0.493 e. The molecule has 0 unspecified atom stereocenters. The first kappa shape index (κ1) is 21.4. The molecule has 0 N–H and O–H groups in total. The maximum Gasteiger partial charge on any atom is 0.161 e. The van der Waals surface area contributed by atoms with Gasteiger partial charge in [-0.15, -0.1) is 6.58 Å². The highest BCUT2D eigenvalue weighted by atomic mass is 35.5. The van der Waals surface area contributed by atoms with Crippen molar-refractivity contribution in [1.29, 1.82) is 0 Å². The summed E-state index contributed by atoms with van der Waals surface area (Å²) in [6.07, 6.45) is 2.64. The van der Waals surface area contributed by atoms with E-state index in [9.17, 15) is 0 Å². The topological polar surface area (TPSA) is 36.9 Å². The lowest BCUT2D eigenvalue weighted by Gasteiger charge is -2.13. The molecule has 0 bridgehead atoms. The molecule has 0 amide bonds. The van der Waals surface area contributed by atoms with Crippen LogP contribution in [0, 0.1) is 6.92 Å². The van der Waals surface area contributed by atoms with Crippen molar-refractivity contribution in [3.8, 4) is 17.2 Å². The maximum atomic E-state index is 6.14. The minimum atomic E-state index is 0.391. The Hall–Kier alpha value is -1.88. The van der Waals surface area contributed by atoms with Crippen LogP contribution in [0.1, 0.15) is 11.1 Å². The molecule has 0 aliphatic carbocycles. The van der Waals surface area contributed by atoms with Gasteiger partial charge in [-0.1, -0.05) is 35.3 Å². The van der Waals surface area contributed by atoms with Crippen molar-refractivity contribution in [3.05, 3.63) is 64.2 Å². The molecular weight excluding hydrogens is 387 g/mol. The summed E-state index contributed by atoms with van der Waals surface area (Å²) in [6, 6.07) is 9.31. The van der Waals surface area contributed by atoms with Crippen LogP contribution in [-0.2, 0) is 11.2 Å². The standard InChI is InChI=1S/C21H24Cl2O4/c1-4-5-16-6-7-19(20(13-16)24-3)26-10-8-25-9-11-27-21-15(2)12-17(22)14-18(21)23/h4,6-7,12-14H,1,5,8-11H2,2-3H3. The third-order valence-electron chi connectivity index (χ3n) is 3.76. The molecule has 2 aromatic carbocycles. The Bertz CT molecular complexity index is 739. The van der Waals surface area contributed by atoms with Crippen LogP contribution in [0.3, 0.4) is 0 Å². The van der Waals surface area contributed by atoms with Gasteiger partial charge in [-0.25, -0.2) is 0 Å². The first-order valence-corrected chi connectivity index (χ1v) is 9.37. The first-order chi connectivity index (χ1) is 13.0. The lowest BCUT2D eigenvalue weighted by atomic mass is 10.1. The van der Waals surface area contributed by atoms with Gasteiger partial charge >= 0.3 is 0 Å². The molecular formula is C21H24Cl2O4. The fraction of sp³-hybridized carbons (Fsp3) is 0.333. The van der Waals surface area contributed by atoms with E-state index in [0.717, 1.165) is 17.5 Å². The SMILES string of the molecule is C=CCc1ccc(OCCOCCOc2c(C)cc(Cl)cc2Cl)c(OC)c1. The third kappa shape index (κ3) is 6.65. The lowest BCUT2D eigenvalue weighted by molar-refractivity contribution is 0.0756. The highest BCUT2D eigenvalue weighted by molar-refractivity contribution is 6.35. The van der Waals surface area contributed by atoms with E-state index in [1.165, 1.54) is 0 Å². The number of halogens is 2. The monoisotopic (exact) mass is 410 g/mol. The van der Waals surface area contributed by atoms with E-state index in [1.54, 1.807) is 13.2 Å². The summed E-state index contributed by atoms with van der Waals surface area (Å²) in [6.45, 7) is 7.31. The van der Waals surface area contributed by atoms with Gasteiger partial charge < -0.3 is 18.9 Å². The second-order valence-electron chi connectivity index (χ2n) is 5.82. The summed E-state index contributed by atoms with van der Waals surface area (Å²) >= 11 is 12.1. The highest BCUT2D eigenvalue weighted by Crippen LogP contribution is 2.31. The molecule has 0 atom stereocenters. The first-order valence-electron chi connectivity index (χ1n) is 8.62. The van der Waals surface area contributed by atoms with Gasteiger partial charge in [-0.2, -0.15) is 0 Å². The van der Waals surface area contributed by atoms with Crippen LogP contribution in [0.15, 0.2) is 43.0 Å². The van der Waals surface area contributed by atoms with Crippen LogP contribution in [0.5, 0.6) is 17.2 Å². The van der Waals surface area contributed by atoms with E-state index in [2.05, 4.69) is 6.58 Å². The van der Waals surface area contributed by atoms with E-state index in [1.807, 2.05) is 37.3 Å². The Morgan fingerprint density at radius 1 is 0.963 bits per heavy atom. The Morgan fingerprint density at radius 2 is 1.70 bits per heavy atom. The molecule has 0 aromatic heterocycles. The number of aryl methyl sites for hydroxylation is 1. The molecule has 2 rings (SSSR count). The average molecular weight is 411 g/mol. The molecule has 146 valence electrons. The van der Waals surface area contributed by atoms with Gasteiger partial charge in [0, 0.05) is 5.02 Å². The number of methoxy groups -OCH3 is 1. The Morgan fingerprint density at radius 3 is 2.37 bits per heavy atom. The average Bonchev–Trinajstić information content (AvgIpc) is 2.63. The Balaban J connectivity index is 1.70. The van der Waals surface area contributed by atoms with Crippen molar-refractivity contribution in [2.45, 2.75) is 13.3 Å². The van der Waals surface area contributed by atoms with Gasteiger partial charge in [-0.05, 0) is 48.7 Å². The summed E-state index contributed by atoms with van der Waals surface area (Å²) in [7, 11) is 1.62. The normalized spacial score (nSPS) is 10.5. The summed E-state index contributed by atoms with van der Waals surface area (Å²) in [5, 5.41) is 1.08. The second-order valence-corrected chi connectivity index (χ2v) is 6.66. The van der Waals surface area contributed by atoms with Crippen LogP contribution in [0.2, 0.25) is 10.0 Å². The minimum Gasteiger partial charge on any atom is -0.493 e. The second kappa shape index (κ2) is 11.1. The molecule has 27 heavy (non-hydrogen) atoms. The fourth-order valence-corrected chi connectivity index (χ4v) is 3.16. The number of benzene rings is 2. The van der Waals surface area contributed by atoms with Gasteiger partial charge in [0.15, 0.2) is 11.5 Å². The van der Waals surface area contributed by atoms with Gasteiger partial charge in [0.1, 0.15) is 19.0 Å². The third-order valence-corrected chi connectivity index (χ3v) is 4.26. The molecule has 4 nitrogen and oxygen atoms in total. The van der Waals surface area contributed by atoms with Crippen molar-refractivity contribution in [3.63, 3.8) is 0 Å². The molecule has 0 aliphatic rings. The number of allylic oxidation sites excluding steroid dienone is 1. The van der Waals surface area contributed by atoms with Crippen LogP contribution < -0.4 is 14.2 Å². The predicted octanol–water partition coefficient (Wildman–Crippen LogP) is 5.51. The summed E-state index contributed by atoms with van der Waals surface area (Å²) in [5.74, 6) is 2.02. The molecule has 0 radical (unpaired) electrons. The Labute approximate surface area is 170 Å². The van der Waals surface area contributed by atoms with Crippen molar-refractivity contribution in [2.24, 2.45) is 0 Å². The number of ether oxygens (including phenoxy) is 4. The van der Waals surface area contributed by atoms with Gasteiger partial charge in [0.2, 0.25) is 0 Å². The number of rotatable bonds is 11. The quantitative estimate of drug-likeness (QED) is 0.361. The summed E-state index contributed by atoms with van der Waals surface area (Å²) in [4.78, 5) is 0. The molecule has 0 heterocycles. The van der Waals surface area contributed by atoms with Crippen molar-refractivity contribution < 1.29 is 18.9 Å². The lowest BCUT2D eigenvalue weighted by Crippen LogP contribution is -2.12.